The van der Waals surface area contributed by atoms with Gasteiger partial charge in [-0.1, -0.05) is 13.0 Å². The Kier molecular flexibility index (Phi) is 6.50. The lowest BCUT2D eigenvalue weighted by atomic mass is 10.1. The third kappa shape index (κ3) is 4.86. The fourth-order valence-corrected chi connectivity index (χ4v) is 2.70. The van der Waals surface area contributed by atoms with Crippen LogP contribution in [0.5, 0.6) is 5.75 Å². The van der Waals surface area contributed by atoms with Crippen LogP contribution in [-0.4, -0.2) is 22.7 Å². The van der Waals surface area contributed by atoms with Crippen LogP contribution in [0, 0.1) is 5.82 Å². The van der Waals surface area contributed by atoms with Crippen molar-refractivity contribution in [2.45, 2.75) is 39.3 Å². The Morgan fingerprint density at radius 2 is 2.11 bits per heavy atom. The van der Waals surface area contributed by atoms with Crippen molar-refractivity contribution in [1.29, 1.82) is 0 Å². The number of aromatic hydroxyl groups is 1. The van der Waals surface area contributed by atoms with E-state index >= 15 is 0 Å². The van der Waals surface area contributed by atoms with Gasteiger partial charge >= 0.3 is 0 Å². The summed E-state index contributed by atoms with van der Waals surface area (Å²) in [6, 6.07) is 4.57. The number of hydrogen-bond acceptors (Lipinski definition) is 3. The van der Waals surface area contributed by atoms with E-state index in [0.717, 1.165) is 29.6 Å². The van der Waals surface area contributed by atoms with E-state index in [1.165, 1.54) is 6.07 Å². The molecule has 0 aliphatic rings. The van der Waals surface area contributed by atoms with Crippen molar-refractivity contribution in [3.8, 4) is 5.75 Å². The quantitative estimate of drug-likeness (QED) is 0.741. The van der Waals surface area contributed by atoms with Crippen molar-refractivity contribution < 1.29 is 9.50 Å². The first-order chi connectivity index (χ1) is 8.54. The minimum Gasteiger partial charge on any atom is -0.508 e. The van der Waals surface area contributed by atoms with Crippen LogP contribution in [-0.2, 0) is 0 Å². The molecule has 2 unspecified atom stereocenters. The third-order valence-electron chi connectivity index (χ3n) is 2.89. The van der Waals surface area contributed by atoms with Crippen molar-refractivity contribution in [2.24, 2.45) is 0 Å². The number of halogens is 1. The van der Waals surface area contributed by atoms with Gasteiger partial charge < -0.3 is 10.4 Å². The summed E-state index contributed by atoms with van der Waals surface area (Å²) in [4.78, 5) is 0. The minimum atomic E-state index is -0.407. The van der Waals surface area contributed by atoms with Gasteiger partial charge in [0.1, 0.15) is 11.6 Å². The van der Waals surface area contributed by atoms with E-state index in [-0.39, 0.29) is 11.8 Å². The molecule has 0 aliphatic carbocycles. The van der Waals surface area contributed by atoms with Crippen molar-refractivity contribution in [1.82, 2.24) is 5.32 Å². The second kappa shape index (κ2) is 7.64. The Bertz CT molecular complexity index is 373. The smallest absolute Gasteiger partial charge is 0.126 e. The van der Waals surface area contributed by atoms with Gasteiger partial charge in [0, 0.05) is 23.7 Å². The van der Waals surface area contributed by atoms with Crippen molar-refractivity contribution >= 4 is 11.8 Å². The van der Waals surface area contributed by atoms with Crippen LogP contribution in [0.1, 0.15) is 38.8 Å². The molecule has 1 rings (SSSR count). The van der Waals surface area contributed by atoms with Crippen molar-refractivity contribution in [2.75, 3.05) is 11.5 Å². The Balaban J connectivity index is 2.51. The highest BCUT2D eigenvalue weighted by atomic mass is 32.2. The van der Waals surface area contributed by atoms with Gasteiger partial charge in [-0.05, 0) is 37.8 Å². The Morgan fingerprint density at radius 3 is 2.72 bits per heavy atom. The summed E-state index contributed by atoms with van der Waals surface area (Å²) < 4.78 is 12.9. The first-order valence-corrected chi connectivity index (χ1v) is 7.52. The molecular formula is C14H22FNOS. The fraction of sp³-hybridized carbons (Fsp3) is 0.571. The van der Waals surface area contributed by atoms with Gasteiger partial charge in [-0.15, -0.1) is 0 Å². The number of hydrogen-bond donors (Lipinski definition) is 2. The van der Waals surface area contributed by atoms with E-state index in [2.05, 4.69) is 19.2 Å². The zero-order valence-corrected chi connectivity index (χ0v) is 12.1. The average Bonchev–Trinajstić information content (AvgIpc) is 2.28. The van der Waals surface area contributed by atoms with Gasteiger partial charge in [0.2, 0.25) is 0 Å². The number of thioether (sulfide) groups is 1. The molecule has 2 N–H and O–H groups in total. The minimum absolute atomic E-state index is 0.0186. The maximum Gasteiger partial charge on any atom is 0.126 e. The first kappa shape index (κ1) is 15.3. The molecule has 1 aromatic rings. The molecule has 0 heterocycles. The Hall–Kier alpha value is -0.740. The van der Waals surface area contributed by atoms with Gasteiger partial charge in [-0.3, -0.25) is 0 Å². The molecule has 0 radical (unpaired) electrons. The zero-order chi connectivity index (χ0) is 13.5. The molecule has 18 heavy (non-hydrogen) atoms. The Morgan fingerprint density at radius 1 is 1.39 bits per heavy atom. The predicted octanol–water partition coefficient (Wildman–Crippen LogP) is 3.71. The molecule has 0 aromatic heterocycles. The van der Waals surface area contributed by atoms with E-state index in [1.54, 1.807) is 6.07 Å². The topological polar surface area (TPSA) is 32.3 Å². The van der Waals surface area contributed by atoms with Crippen LogP contribution in [0.3, 0.4) is 0 Å². The molecule has 4 heteroatoms. The molecular weight excluding hydrogens is 249 g/mol. The third-order valence-corrected chi connectivity index (χ3v) is 3.83. The van der Waals surface area contributed by atoms with E-state index in [4.69, 9.17) is 0 Å². The number of benzene rings is 1. The summed E-state index contributed by atoms with van der Waals surface area (Å²) in [5.74, 6) is 1.88. The predicted molar refractivity (Wildman–Crippen MR) is 76.7 cm³/mol. The molecule has 0 spiro atoms. The van der Waals surface area contributed by atoms with Crippen LogP contribution in [0.2, 0.25) is 0 Å². The second-order valence-electron chi connectivity index (χ2n) is 4.48. The highest BCUT2D eigenvalue weighted by molar-refractivity contribution is 7.99. The number of phenolic OH excluding ortho intramolecular Hbond substituents is 1. The number of nitrogens with one attached hydrogen (secondary N) is 1. The van der Waals surface area contributed by atoms with Gasteiger partial charge in [-0.2, -0.15) is 11.8 Å². The molecule has 0 aliphatic heterocycles. The average molecular weight is 271 g/mol. The van der Waals surface area contributed by atoms with E-state index in [0.29, 0.717) is 6.04 Å². The molecule has 0 fully saturated rings. The normalized spacial score (nSPS) is 14.4. The molecule has 2 nitrogen and oxygen atoms in total. The van der Waals surface area contributed by atoms with Crippen LogP contribution in [0.15, 0.2) is 18.2 Å². The molecule has 0 saturated heterocycles. The molecule has 102 valence electrons. The number of rotatable bonds is 7. The van der Waals surface area contributed by atoms with Crippen LogP contribution >= 0.6 is 11.8 Å². The maximum atomic E-state index is 12.9. The van der Waals surface area contributed by atoms with Gasteiger partial charge in [-0.25, -0.2) is 4.39 Å². The Labute approximate surface area is 113 Å². The van der Waals surface area contributed by atoms with Gasteiger partial charge in [0.05, 0.1) is 0 Å². The molecule has 0 saturated carbocycles. The fourth-order valence-electron chi connectivity index (χ4n) is 1.89. The lowest BCUT2D eigenvalue weighted by Gasteiger charge is -2.21. The second-order valence-corrected chi connectivity index (χ2v) is 5.87. The molecule has 0 bridgehead atoms. The van der Waals surface area contributed by atoms with Crippen LogP contribution in [0.25, 0.3) is 0 Å². The molecule has 0 amide bonds. The standard InChI is InChI=1S/C14H22FNOS/c1-4-18-8-7-10(2)16-11(3)13-6-5-12(15)9-14(13)17/h5-6,9-11,16-17H,4,7-8H2,1-3H3. The summed E-state index contributed by atoms with van der Waals surface area (Å²) in [5.41, 5.74) is 0.742. The molecule has 1 aromatic carbocycles. The van der Waals surface area contributed by atoms with E-state index < -0.39 is 5.82 Å². The van der Waals surface area contributed by atoms with Gasteiger partial charge in [0.25, 0.3) is 0 Å². The highest BCUT2D eigenvalue weighted by Gasteiger charge is 2.13. The summed E-state index contributed by atoms with van der Waals surface area (Å²) in [5, 5.41) is 13.1. The van der Waals surface area contributed by atoms with Crippen LogP contribution < -0.4 is 5.32 Å². The lowest BCUT2D eigenvalue weighted by molar-refractivity contribution is 0.428. The summed E-state index contributed by atoms with van der Waals surface area (Å²) in [6.45, 7) is 6.27. The summed E-state index contributed by atoms with van der Waals surface area (Å²) in [7, 11) is 0. The van der Waals surface area contributed by atoms with Gasteiger partial charge in [0.15, 0.2) is 0 Å². The highest BCUT2D eigenvalue weighted by Crippen LogP contribution is 2.25. The van der Waals surface area contributed by atoms with Crippen molar-refractivity contribution in [3.05, 3.63) is 29.6 Å². The van der Waals surface area contributed by atoms with E-state index in [1.807, 2.05) is 18.7 Å². The first-order valence-electron chi connectivity index (χ1n) is 6.36. The largest absolute Gasteiger partial charge is 0.508 e. The van der Waals surface area contributed by atoms with Crippen molar-refractivity contribution in [3.63, 3.8) is 0 Å². The SMILES string of the molecule is CCSCCC(C)NC(C)c1ccc(F)cc1O. The van der Waals surface area contributed by atoms with Crippen LogP contribution in [0.4, 0.5) is 4.39 Å². The lowest BCUT2D eigenvalue weighted by Crippen LogP contribution is -2.29. The monoisotopic (exact) mass is 271 g/mol. The summed E-state index contributed by atoms with van der Waals surface area (Å²) >= 11 is 1.93. The maximum absolute atomic E-state index is 12.9. The van der Waals surface area contributed by atoms with E-state index in [9.17, 15) is 9.50 Å². The molecule has 2 atom stereocenters. The zero-order valence-electron chi connectivity index (χ0n) is 11.2. The number of phenols is 1. The summed E-state index contributed by atoms with van der Waals surface area (Å²) in [6.07, 6.45) is 1.09.